The number of benzene rings is 4. The molecule has 0 radical (unpaired) electrons. The van der Waals surface area contributed by atoms with E-state index in [4.69, 9.17) is 14.2 Å². The molecule has 0 aliphatic rings. The van der Waals surface area contributed by atoms with Crippen molar-refractivity contribution < 1.29 is 41.6 Å². The summed E-state index contributed by atoms with van der Waals surface area (Å²) in [6.07, 6.45) is 0. The maximum atomic E-state index is 12.7. The fraction of sp³-hybridized carbons (Fsp3) is 0.156. The van der Waals surface area contributed by atoms with Crippen molar-refractivity contribution in [3.8, 4) is 0 Å². The van der Waals surface area contributed by atoms with Gasteiger partial charge in [0.15, 0.2) is 0 Å². The van der Waals surface area contributed by atoms with Crippen molar-refractivity contribution >= 4 is 54.6 Å². The molecule has 43 heavy (non-hydrogen) atoms. The monoisotopic (exact) mass is 666 g/mol. The summed E-state index contributed by atoms with van der Waals surface area (Å²) in [5.74, 6) is -1.46. The van der Waals surface area contributed by atoms with Crippen molar-refractivity contribution in [2.75, 3.05) is 21.3 Å². The van der Waals surface area contributed by atoms with Gasteiger partial charge in [-0.1, -0.05) is 17.7 Å². The SMILES string of the molecule is COC(=O)c1ccccc1[As+](C)(c1ccccc1C(=O)OC)c1ccccc1C(=O)OC.Cc1ccc(S(=O)(=O)[O-])cc1. The first-order valence-electron chi connectivity index (χ1n) is 12.8. The van der Waals surface area contributed by atoms with Gasteiger partial charge in [-0.05, 0) is 19.1 Å². The van der Waals surface area contributed by atoms with E-state index in [0.717, 1.165) is 18.6 Å². The van der Waals surface area contributed by atoms with E-state index in [2.05, 4.69) is 0 Å². The molecule has 0 heterocycles. The predicted molar refractivity (Wildman–Crippen MR) is 163 cm³/mol. The van der Waals surface area contributed by atoms with Crippen LogP contribution in [0.4, 0.5) is 0 Å². The van der Waals surface area contributed by atoms with E-state index in [-0.39, 0.29) is 4.90 Å². The maximum Gasteiger partial charge on any atom is 0.124 e. The molecule has 4 aromatic carbocycles. The largest absolute Gasteiger partial charge is 0.744 e. The van der Waals surface area contributed by atoms with Crippen LogP contribution in [0.1, 0.15) is 36.6 Å². The summed E-state index contributed by atoms with van der Waals surface area (Å²) in [4.78, 5) is 38.0. The van der Waals surface area contributed by atoms with Crippen LogP contribution in [0, 0.1) is 6.92 Å². The van der Waals surface area contributed by atoms with E-state index in [1.807, 2.05) is 49.0 Å². The van der Waals surface area contributed by atoms with E-state index >= 15 is 0 Å². The number of carbonyl (C=O) groups is 3. The molecule has 224 valence electrons. The third kappa shape index (κ3) is 7.40. The first-order chi connectivity index (χ1) is 20.4. The van der Waals surface area contributed by atoms with Crippen LogP contribution in [0.2, 0.25) is 5.71 Å². The first-order valence-corrected chi connectivity index (χ1v) is 18.9. The third-order valence-corrected chi connectivity index (χ3v) is 16.1. The normalized spacial score (nSPS) is 11.0. The van der Waals surface area contributed by atoms with Crippen LogP contribution in [0.5, 0.6) is 0 Å². The summed E-state index contributed by atoms with van der Waals surface area (Å²) >= 11 is -3.64. The van der Waals surface area contributed by atoms with Crippen LogP contribution in [-0.2, 0) is 24.3 Å². The van der Waals surface area contributed by atoms with E-state index in [1.54, 1.807) is 48.5 Å². The molecule has 0 amide bonds. The number of esters is 3. The summed E-state index contributed by atoms with van der Waals surface area (Å²) in [7, 11) is -0.292. The Morgan fingerprint density at radius 1 is 0.581 bits per heavy atom. The molecule has 4 aromatic rings. The first kappa shape index (κ1) is 33.3. The van der Waals surface area contributed by atoms with Gasteiger partial charge < -0.3 is 4.55 Å². The zero-order chi connectivity index (χ0) is 31.8. The number of hydrogen-bond acceptors (Lipinski definition) is 9. The molecule has 9 nitrogen and oxygen atoms in total. The molecule has 0 aliphatic heterocycles. The molecule has 0 N–H and O–H groups in total. The predicted octanol–water partition coefficient (Wildman–Crippen LogP) is 3.05. The zero-order valence-electron chi connectivity index (χ0n) is 24.3. The van der Waals surface area contributed by atoms with Gasteiger partial charge >= 0.3 is 190 Å². The molecule has 0 spiro atoms. The summed E-state index contributed by atoms with van der Waals surface area (Å²) in [6.45, 7) is 1.82. The van der Waals surface area contributed by atoms with Crippen LogP contribution in [0.3, 0.4) is 0 Å². The van der Waals surface area contributed by atoms with Gasteiger partial charge in [-0.2, -0.15) is 0 Å². The van der Waals surface area contributed by atoms with Crippen LogP contribution >= 0.6 is 0 Å². The minimum atomic E-state index is -4.27. The molecule has 0 atom stereocenters. The van der Waals surface area contributed by atoms with Crippen molar-refractivity contribution in [3.63, 3.8) is 0 Å². The second-order valence-corrected chi connectivity index (χ2v) is 17.9. The summed E-state index contributed by atoms with van der Waals surface area (Å²) in [5.41, 5.74) is 4.14. The quantitative estimate of drug-likeness (QED) is 0.126. The van der Waals surface area contributed by atoms with E-state index in [0.29, 0.717) is 16.7 Å². The van der Waals surface area contributed by atoms with Crippen LogP contribution in [-0.4, -0.2) is 65.8 Å². The molecular weight excluding hydrogens is 635 g/mol. The Morgan fingerprint density at radius 3 is 1.16 bits per heavy atom. The number of ether oxygens (including phenoxy) is 3. The van der Waals surface area contributed by atoms with Gasteiger partial charge in [0.25, 0.3) is 0 Å². The molecule has 4 rings (SSSR count). The standard InChI is InChI=1S/C25H24AsO6.C7H8O3S/c1-26(20-14-8-5-11-17(20)23(27)30-2,21-15-9-6-12-18(21)24(28)31-3)22-16-10-7-13-19(22)25(29)32-4;1-6-2-4-7(5-3-6)11(8,9)10/h5-16H,1-4H3;2-5H,1H3,(H,8,9,10)/q+1;/p-1. The maximum absolute atomic E-state index is 12.7. The van der Waals surface area contributed by atoms with Crippen molar-refractivity contribution in [2.24, 2.45) is 0 Å². The van der Waals surface area contributed by atoms with Gasteiger partial charge in [-0.25, -0.2) is 8.42 Å². The molecule has 0 fully saturated rings. The smallest absolute Gasteiger partial charge is 0.124 e. The second-order valence-electron chi connectivity index (χ2n) is 9.30. The Labute approximate surface area is 253 Å². The van der Waals surface area contributed by atoms with E-state index < -0.39 is 41.6 Å². The van der Waals surface area contributed by atoms with Crippen LogP contribution < -0.4 is 13.1 Å². The average molecular weight is 667 g/mol. The van der Waals surface area contributed by atoms with E-state index in [9.17, 15) is 27.4 Å². The molecule has 0 saturated carbocycles. The average Bonchev–Trinajstić information content (AvgIpc) is 3.03. The minimum absolute atomic E-state index is 0.178. The van der Waals surface area contributed by atoms with E-state index in [1.165, 1.54) is 33.5 Å². The van der Waals surface area contributed by atoms with Gasteiger partial charge in [0.05, 0.1) is 4.90 Å². The van der Waals surface area contributed by atoms with Crippen LogP contribution in [0.15, 0.2) is 102 Å². The van der Waals surface area contributed by atoms with Gasteiger partial charge in [-0.3, -0.25) is 0 Å². The summed E-state index contributed by atoms with van der Waals surface area (Å²) in [6, 6.07) is 27.2. The Hall–Kier alpha value is -4.24. The fourth-order valence-electron chi connectivity index (χ4n) is 4.53. The molecule has 11 heteroatoms. The van der Waals surface area contributed by atoms with Gasteiger partial charge in [0, 0.05) is 0 Å². The molecule has 0 saturated heterocycles. The molecule has 0 aliphatic carbocycles. The van der Waals surface area contributed by atoms with Gasteiger partial charge in [-0.15, -0.1) is 0 Å². The van der Waals surface area contributed by atoms with Gasteiger partial charge in [0.2, 0.25) is 0 Å². The molecular formula is C32H31AsO9S. The number of rotatable bonds is 7. The minimum Gasteiger partial charge on any atom is -0.744 e. The number of hydrogen-bond donors (Lipinski definition) is 0. The summed E-state index contributed by atoms with van der Waals surface area (Å²) in [5, 5.41) is 0. The Morgan fingerprint density at radius 2 is 0.884 bits per heavy atom. The Kier molecular flexibility index (Phi) is 11.1. The van der Waals surface area contributed by atoms with Crippen molar-refractivity contribution in [1.29, 1.82) is 0 Å². The molecule has 0 aromatic heterocycles. The molecule has 0 unspecified atom stereocenters. The molecule has 0 bridgehead atoms. The number of carbonyl (C=O) groups excluding carboxylic acids is 3. The van der Waals surface area contributed by atoms with Crippen molar-refractivity contribution in [3.05, 3.63) is 119 Å². The van der Waals surface area contributed by atoms with Crippen molar-refractivity contribution in [1.82, 2.24) is 0 Å². The Bertz CT molecular complexity index is 1590. The zero-order valence-corrected chi connectivity index (χ0v) is 27.0. The summed E-state index contributed by atoms with van der Waals surface area (Å²) < 4.78 is 48.5. The van der Waals surface area contributed by atoms with Gasteiger partial charge in [0.1, 0.15) is 10.1 Å². The third-order valence-electron chi connectivity index (χ3n) is 6.68. The fourth-order valence-corrected chi connectivity index (χ4v) is 13.1. The number of methoxy groups -OCH3 is 3. The topological polar surface area (TPSA) is 136 Å². The second kappa shape index (κ2) is 14.3. The van der Waals surface area contributed by atoms with Crippen molar-refractivity contribution in [2.45, 2.75) is 17.5 Å². The Balaban J connectivity index is 0.000000386. The number of aryl methyl sites for hydroxylation is 1. The van der Waals surface area contributed by atoms with Crippen LogP contribution in [0.25, 0.3) is 0 Å².